The van der Waals surface area contributed by atoms with Crippen LogP contribution in [0.4, 0.5) is 14.5 Å². The summed E-state index contributed by atoms with van der Waals surface area (Å²) < 4.78 is 24.8. The third kappa shape index (κ3) is 2.20. The molecule has 1 rings (SSSR count). The van der Waals surface area contributed by atoms with E-state index in [0.29, 0.717) is 6.07 Å². The van der Waals surface area contributed by atoms with Gasteiger partial charge in [0.15, 0.2) is 0 Å². The lowest BCUT2D eigenvalue weighted by atomic mass is 10.1. The number of alkyl halides is 2. The van der Waals surface area contributed by atoms with Crippen molar-refractivity contribution in [2.24, 2.45) is 0 Å². The quantitative estimate of drug-likeness (QED) is 0.623. The Balaban J connectivity index is 3.44. The standard InChI is InChI=1S/C8H5F2N3O3/c9-7(10)6-4(1-2-11)3-5(13(15)16)8(14)12-6/h3,7H,1H2,(H,12,14). The van der Waals surface area contributed by atoms with E-state index in [9.17, 15) is 23.7 Å². The molecule has 0 radical (unpaired) electrons. The number of hydrogen-bond acceptors (Lipinski definition) is 4. The predicted molar refractivity (Wildman–Crippen MR) is 48.0 cm³/mol. The number of aromatic nitrogens is 1. The summed E-state index contributed by atoms with van der Waals surface area (Å²) in [5, 5.41) is 18.7. The second-order valence-electron chi connectivity index (χ2n) is 2.82. The fraction of sp³-hybridized carbons (Fsp3) is 0.250. The van der Waals surface area contributed by atoms with Gasteiger partial charge >= 0.3 is 11.2 Å². The van der Waals surface area contributed by atoms with Gasteiger partial charge in [-0.2, -0.15) is 5.26 Å². The van der Waals surface area contributed by atoms with E-state index in [4.69, 9.17) is 5.26 Å². The molecule has 1 heterocycles. The lowest BCUT2D eigenvalue weighted by molar-refractivity contribution is -0.386. The van der Waals surface area contributed by atoms with Crippen LogP contribution in [0.3, 0.4) is 0 Å². The van der Waals surface area contributed by atoms with Crippen molar-refractivity contribution in [2.45, 2.75) is 12.8 Å². The molecule has 8 heteroatoms. The van der Waals surface area contributed by atoms with Gasteiger partial charge in [-0.3, -0.25) is 14.9 Å². The number of aromatic amines is 1. The molecule has 0 unspecified atom stereocenters. The van der Waals surface area contributed by atoms with Crippen molar-refractivity contribution in [1.29, 1.82) is 5.26 Å². The molecule has 0 aliphatic heterocycles. The van der Waals surface area contributed by atoms with Gasteiger partial charge in [0, 0.05) is 6.07 Å². The number of halogens is 2. The summed E-state index contributed by atoms with van der Waals surface area (Å²) >= 11 is 0. The smallest absolute Gasteiger partial charge is 0.315 e. The maximum atomic E-state index is 12.4. The molecule has 0 bridgehead atoms. The minimum atomic E-state index is -2.99. The van der Waals surface area contributed by atoms with Gasteiger partial charge in [0.25, 0.3) is 6.43 Å². The summed E-state index contributed by atoms with van der Waals surface area (Å²) in [7, 11) is 0. The van der Waals surface area contributed by atoms with Crippen LogP contribution < -0.4 is 5.56 Å². The summed E-state index contributed by atoms with van der Waals surface area (Å²) in [6.07, 6.45) is -3.42. The minimum Gasteiger partial charge on any atom is -0.315 e. The molecule has 1 aromatic heterocycles. The van der Waals surface area contributed by atoms with Crippen LogP contribution >= 0.6 is 0 Å². The van der Waals surface area contributed by atoms with E-state index in [1.54, 1.807) is 11.1 Å². The molecule has 0 saturated heterocycles. The van der Waals surface area contributed by atoms with Gasteiger partial charge in [-0.15, -0.1) is 0 Å². The average molecular weight is 229 g/mol. The van der Waals surface area contributed by atoms with Crippen LogP contribution in [0, 0.1) is 21.4 Å². The number of hydrogen-bond donors (Lipinski definition) is 1. The van der Waals surface area contributed by atoms with Gasteiger partial charge in [-0.25, -0.2) is 8.78 Å². The molecule has 16 heavy (non-hydrogen) atoms. The molecule has 84 valence electrons. The molecule has 0 amide bonds. The van der Waals surface area contributed by atoms with Crippen LogP contribution in [0.25, 0.3) is 0 Å². The number of nitro groups is 1. The Bertz CT molecular complexity index is 518. The van der Waals surface area contributed by atoms with E-state index in [1.807, 2.05) is 0 Å². The van der Waals surface area contributed by atoms with E-state index in [1.165, 1.54) is 0 Å². The summed E-state index contributed by atoms with van der Waals surface area (Å²) in [6, 6.07) is 2.28. The molecule has 1 aromatic rings. The largest absolute Gasteiger partial charge is 0.334 e. The topological polar surface area (TPSA) is 99.8 Å². The highest BCUT2D eigenvalue weighted by Gasteiger charge is 2.21. The molecule has 0 saturated carbocycles. The van der Waals surface area contributed by atoms with Crippen LogP contribution in [0.2, 0.25) is 0 Å². The molecule has 1 N–H and O–H groups in total. The lowest BCUT2D eigenvalue weighted by Gasteiger charge is -2.04. The van der Waals surface area contributed by atoms with Crippen LogP contribution in [0.1, 0.15) is 17.7 Å². The van der Waals surface area contributed by atoms with Crippen molar-refractivity contribution in [3.05, 3.63) is 37.8 Å². The molecular formula is C8H5F2N3O3. The fourth-order valence-electron chi connectivity index (χ4n) is 1.14. The van der Waals surface area contributed by atoms with Crippen molar-refractivity contribution in [3.63, 3.8) is 0 Å². The Labute approximate surface area is 87.3 Å². The maximum Gasteiger partial charge on any atom is 0.334 e. The molecule has 6 nitrogen and oxygen atoms in total. The third-order valence-electron chi connectivity index (χ3n) is 1.82. The lowest BCUT2D eigenvalue weighted by Crippen LogP contribution is -2.16. The first-order valence-corrected chi connectivity index (χ1v) is 4.03. The average Bonchev–Trinajstić information content (AvgIpc) is 2.19. The number of pyridine rings is 1. The first kappa shape index (κ1) is 11.8. The zero-order chi connectivity index (χ0) is 12.3. The van der Waals surface area contributed by atoms with Crippen LogP contribution in [0.5, 0.6) is 0 Å². The maximum absolute atomic E-state index is 12.4. The Morgan fingerprint density at radius 2 is 2.25 bits per heavy atom. The van der Waals surface area contributed by atoms with Gasteiger partial charge < -0.3 is 4.98 Å². The second-order valence-corrected chi connectivity index (χ2v) is 2.82. The highest BCUT2D eigenvalue weighted by atomic mass is 19.3. The molecule has 0 atom stereocenters. The number of H-pyrrole nitrogens is 1. The number of nitriles is 1. The second kappa shape index (κ2) is 4.48. The summed E-state index contributed by atoms with van der Waals surface area (Å²) in [5.74, 6) is 0. The summed E-state index contributed by atoms with van der Waals surface area (Å²) in [4.78, 5) is 22.1. The van der Waals surface area contributed by atoms with Crippen LogP contribution in [-0.4, -0.2) is 9.91 Å². The molecule has 0 fully saturated rings. The molecular weight excluding hydrogens is 224 g/mol. The van der Waals surface area contributed by atoms with Gasteiger partial charge in [-0.1, -0.05) is 0 Å². The monoisotopic (exact) mass is 229 g/mol. The Morgan fingerprint density at radius 1 is 1.62 bits per heavy atom. The fourth-order valence-corrected chi connectivity index (χ4v) is 1.14. The highest BCUT2D eigenvalue weighted by Crippen LogP contribution is 2.22. The molecule has 0 aliphatic carbocycles. The summed E-state index contributed by atoms with van der Waals surface area (Å²) in [5.41, 5.74) is -3.06. The van der Waals surface area contributed by atoms with Crippen molar-refractivity contribution in [1.82, 2.24) is 4.98 Å². The SMILES string of the molecule is N#CCc1cc([N+](=O)[O-])c(=O)[nH]c1C(F)F. The van der Waals surface area contributed by atoms with Crippen LogP contribution in [-0.2, 0) is 6.42 Å². The van der Waals surface area contributed by atoms with Gasteiger partial charge in [0.05, 0.1) is 23.1 Å². The van der Waals surface area contributed by atoms with Crippen molar-refractivity contribution >= 4 is 5.69 Å². The van der Waals surface area contributed by atoms with Crippen molar-refractivity contribution < 1.29 is 13.7 Å². The zero-order valence-electron chi connectivity index (χ0n) is 7.74. The van der Waals surface area contributed by atoms with E-state index >= 15 is 0 Å². The van der Waals surface area contributed by atoms with E-state index in [2.05, 4.69) is 0 Å². The normalized spacial score (nSPS) is 10.1. The van der Waals surface area contributed by atoms with Gasteiger partial charge in [0.1, 0.15) is 0 Å². The molecule has 0 aliphatic rings. The van der Waals surface area contributed by atoms with E-state index < -0.39 is 34.7 Å². The Morgan fingerprint density at radius 3 is 2.69 bits per heavy atom. The van der Waals surface area contributed by atoms with Gasteiger partial charge in [0.2, 0.25) is 0 Å². The molecule has 0 aromatic carbocycles. The Hall–Kier alpha value is -2.30. The third-order valence-corrected chi connectivity index (χ3v) is 1.82. The minimum absolute atomic E-state index is 0.246. The number of nitrogens with one attached hydrogen (secondary N) is 1. The van der Waals surface area contributed by atoms with Crippen LogP contribution in [0.15, 0.2) is 10.9 Å². The highest BCUT2D eigenvalue weighted by molar-refractivity contribution is 5.36. The Kier molecular flexibility index (Phi) is 3.30. The van der Waals surface area contributed by atoms with Crippen molar-refractivity contribution in [2.75, 3.05) is 0 Å². The van der Waals surface area contributed by atoms with E-state index in [-0.39, 0.29) is 5.56 Å². The van der Waals surface area contributed by atoms with Crippen molar-refractivity contribution in [3.8, 4) is 6.07 Å². The van der Waals surface area contributed by atoms with E-state index in [0.717, 1.165) is 0 Å². The number of rotatable bonds is 3. The first-order valence-electron chi connectivity index (χ1n) is 4.03. The zero-order valence-corrected chi connectivity index (χ0v) is 7.74. The molecule has 0 spiro atoms. The predicted octanol–water partition coefficient (Wildman–Crippen LogP) is 1.29. The summed E-state index contributed by atoms with van der Waals surface area (Å²) in [6.45, 7) is 0. The van der Waals surface area contributed by atoms with Gasteiger partial charge in [-0.05, 0) is 5.56 Å². The first-order chi connectivity index (χ1) is 7.47. The number of nitrogens with zero attached hydrogens (tertiary/aromatic N) is 2.